The van der Waals surface area contributed by atoms with Crippen LogP contribution >= 0.6 is 0 Å². The highest BCUT2D eigenvalue weighted by Crippen LogP contribution is 2.21. The maximum absolute atomic E-state index is 2.92. The van der Waals surface area contributed by atoms with Gasteiger partial charge in [-0.3, -0.25) is 0 Å². The molecule has 0 saturated heterocycles. The Morgan fingerprint density at radius 1 is 0.361 bits per heavy atom. The number of rotatable bonds is 27. The van der Waals surface area contributed by atoms with Crippen LogP contribution in [0.5, 0.6) is 0 Å². The molecule has 0 aromatic rings. The van der Waals surface area contributed by atoms with Gasteiger partial charge in [0, 0.05) is 39.3 Å². The van der Waals surface area contributed by atoms with Gasteiger partial charge in [0.25, 0.3) is 0 Å². The van der Waals surface area contributed by atoms with E-state index < -0.39 is 0 Å². The van der Waals surface area contributed by atoms with Crippen LogP contribution in [0.4, 0.5) is 0 Å². The topological polar surface area (TPSA) is 6.48 Å². The molecule has 0 amide bonds. The van der Waals surface area contributed by atoms with Crippen molar-refractivity contribution in [3.8, 4) is 0 Å². The van der Waals surface area contributed by atoms with Gasteiger partial charge in [0.05, 0.1) is 0 Å². The first kappa shape index (κ1) is 35.9. The van der Waals surface area contributed by atoms with Crippen molar-refractivity contribution in [2.45, 2.75) is 158 Å². The third kappa shape index (κ3) is 18.2. The molecule has 36 heavy (non-hydrogen) atoms. The van der Waals surface area contributed by atoms with E-state index in [1.165, 1.54) is 142 Å². The molecule has 2 nitrogen and oxygen atoms in total. The van der Waals surface area contributed by atoms with Crippen molar-refractivity contribution in [3.63, 3.8) is 0 Å². The van der Waals surface area contributed by atoms with Crippen molar-refractivity contribution in [1.29, 1.82) is 0 Å². The van der Waals surface area contributed by atoms with Crippen molar-refractivity contribution in [2.75, 3.05) is 39.3 Å². The highest BCUT2D eigenvalue weighted by Gasteiger charge is 2.21. The van der Waals surface area contributed by atoms with Gasteiger partial charge >= 0.3 is 0 Å². The second kappa shape index (κ2) is 25.2. The maximum Gasteiger partial charge on any atom is 0.0110 e. The van der Waals surface area contributed by atoms with Gasteiger partial charge in [-0.05, 0) is 49.4 Å². The van der Waals surface area contributed by atoms with Crippen molar-refractivity contribution in [1.82, 2.24) is 9.80 Å². The van der Waals surface area contributed by atoms with Crippen LogP contribution in [0.2, 0.25) is 0 Å². The SMILES string of the molecule is CCCCC(CC)CN(CCN(CC(CC)CCCC)CC(CC)CCCC)CC(CC)CCCC. The first-order valence-electron chi connectivity index (χ1n) is 17.0. The lowest BCUT2D eigenvalue weighted by Crippen LogP contribution is -2.42. The van der Waals surface area contributed by atoms with Gasteiger partial charge in [-0.2, -0.15) is 0 Å². The van der Waals surface area contributed by atoms with E-state index >= 15 is 0 Å². The van der Waals surface area contributed by atoms with Crippen LogP contribution in [-0.4, -0.2) is 49.1 Å². The predicted molar refractivity (Wildman–Crippen MR) is 166 cm³/mol. The second-order valence-electron chi connectivity index (χ2n) is 12.2. The van der Waals surface area contributed by atoms with Gasteiger partial charge < -0.3 is 9.80 Å². The number of hydrogen-bond acceptors (Lipinski definition) is 2. The molecule has 2 heteroatoms. The van der Waals surface area contributed by atoms with E-state index in [0.717, 1.165) is 23.7 Å². The number of nitrogens with zero attached hydrogens (tertiary/aromatic N) is 2. The summed E-state index contributed by atoms with van der Waals surface area (Å²) in [6.07, 6.45) is 22.0. The van der Waals surface area contributed by atoms with Crippen LogP contribution in [0.3, 0.4) is 0 Å². The predicted octanol–water partition coefficient (Wildman–Crippen LogP) is 10.5. The lowest BCUT2D eigenvalue weighted by Gasteiger charge is -2.35. The van der Waals surface area contributed by atoms with Gasteiger partial charge in [0.1, 0.15) is 0 Å². The lowest BCUT2D eigenvalue weighted by atomic mass is 9.95. The molecule has 0 heterocycles. The fourth-order valence-electron chi connectivity index (χ4n) is 5.93. The molecule has 4 unspecified atom stereocenters. The molecule has 0 rings (SSSR count). The molecule has 0 aliphatic rings. The molecule has 0 aliphatic heterocycles. The van der Waals surface area contributed by atoms with Crippen LogP contribution in [-0.2, 0) is 0 Å². The molecule has 0 aliphatic carbocycles. The largest absolute Gasteiger partial charge is 0.302 e. The summed E-state index contributed by atoms with van der Waals surface area (Å²) in [5.41, 5.74) is 0. The average molecular weight is 509 g/mol. The minimum absolute atomic E-state index is 0.878. The molecular formula is C34H72N2. The third-order valence-electron chi connectivity index (χ3n) is 8.97. The zero-order valence-corrected chi connectivity index (χ0v) is 26.8. The Balaban J connectivity index is 5.45. The zero-order valence-electron chi connectivity index (χ0n) is 26.8. The Morgan fingerprint density at radius 3 is 0.750 bits per heavy atom. The molecular weight excluding hydrogens is 436 g/mol. The summed E-state index contributed by atoms with van der Waals surface area (Å²) in [4.78, 5) is 5.83. The van der Waals surface area contributed by atoms with E-state index in [1.54, 1.807) is 0 Å². The van der Waals surface area contributed by atoms with E-state index in [-0.39, 0.29) is 0 Å². The smallest absolute Gasteiger partial charge is 0.0110 e. The van der Waals surface area contributed by atoms with Gasteiger partial charge in [0.2, 0.25) is 0 Å². The number of hydrogen-bond donors (Lipinski definition) is 0. The fraction of sp³-hybridized carbons (Fsp3) is 1.00. The van der Waals surface area contributed by atoms with Gasteiger partial charge in [0.15, 0.2) is 0 Å². The highest BCUT2D eigenvalue weighted by atomic mass is 15.2. The third-order valence-corrected chi connectivity index (χ3v) is 8.97. The van der Waals surface area contributed by atoms with Gasteiger partial charge in [-0.25, -0.2) is 0 Å². The fourth-order valence-corrected chi connectivity index (χ4v) is 5.93. The summed E-state index contributed by atoms with van der Waals surface area (Å²) in [5.74, 6) is 3.51. The summed E-state index contributed by atoms with van der Waals surface area (Å²) in [5, 5.41) is 0. The quantitative estimate of drug-likeness (QED) is 0.109. The Bertz CT molecular complexity index is 361. The summed E-state index contributed by atoms with van der Waals surface area (Å²) in [6.45, 7) is 27.0. The van der Waals surface area contributed by atoms with E-state index in [1.807, 2.05) is 0 Å². The normalized spacial score (nSPS) is 15.5. The van der Waals surface area contributed by atoms with E-state index in [9.17, 15) is 0 Å². The van der Waals surface area contributed by atoms with Crippen LogP contribution < -0.4 is 0 Å². The summed E-state index contributed by atoms with van der Waals surface area (Å²) in [6, 6.07) is 0. The van der Waals surface area contributed by atoms with E-state index in [4.69, 9.17) is 0 Å². The number of unbranched alkanes of at least 4 members (excludes halogenated alkanes) is 4. The van der Waals surface area contributed by atoms with Crippen molar-refractivity contribution in [3.05, 3.63) is 0 Å². The standard InChI is InChI=1S/C34H72N2/c1-9-17-21-31(13-5)27-35(28-32(14-6)22-18-10-2)25-26-36(29-33(15-7)23-19-11-3)30-34(16-8)24-20-12-4/h31-34H,9-30H2,1-8H3. The molecule has 0 N–H and O–H groups in total. The molecule has 0 spiro atoms. The lowest BCUT2D eigenvalue weighted by molar-refractivity contribution is 0.129. The van der Waals surface area contributed by atoms with Gasteiger partial charge in [-0.15, -0.1) is 0 Å². The Labute approximate surface area is 230 Å². The first-order chi connectivity index (χ1) is 17.5. The molecule has 0 aromatic heterocycles. The monoisotopic (exact) mass is 509 g/mol. The Hall–Kier alpha value is -0.0800. The Morgan fingerprint density at radius 2 is 0.583 bits per heavy atom. The van der Waals surface area contributed by atoms with Crippen LogP contribution in [0, 0.1) is 23.7 Å². The molecule has 218 valence electrons. The first-order valence-corrected chi connectivity index (χ1v) is 17.0. The zero-order chi connectivity index (χ0) is 27.0. The summed E-state index contributed by atoms with van der Waals surface area (Å²) >= 11 is 0. The molecule has 4 atom stereocenters. The van der Waals surface area contributed by atoms with E-state index in [2.05, 4.69) is 65.2 Å². The molecule has 0 radical (unpaired) electrons. The highest BCUT2D eigenvalue weighted by molar-refractivity contribution is 4.75. The van der Waals surface area contributed by atoms with Crippen LogP contribution in [0.1, 0.15) is 158 Å². The van der Waals surface area contributed by atoms with Gasteiger partial charge in [-0.1, -0.05) is 132 Å². The molecule has 0 aromatic carbocycles. The van der Waals surface area contributed by atoms with E-state index in [0.29, 0.717) is 0 Å². The minimum atomic E-state index is 0.878. The molecule has 0 fully saturated rings. The summed E-state index contributed by atoms with van der Waals surface area (Å²) in [7, 11) is 0. The van der Waals surface area contributed by atoms with Crippen molar-refractivity contribution >= 4 is 0 Å². The molecule has 0 saturated carbocycles. The minimum Gasteiger partial charge on any atom is -0.302 e. The van der Waals surface area contributed by atoms with Crippen molar-refractivity contribution in [2.24, 2.45) is 23.7 Å². The van der Waals surface area contributed by atoms with Crippen LogP contribution in [0.25, 0.3) is 0 Å². The van der Waals surface area contributed by atoms with Crippen molar-refractivity contribution < 1.29 is 0 Å². The molecule has 0 bridgehead atoms. The average Bonchev–Trinajstić information content (AvgIpc) is 2.90. The Kier molecular flexibility index (Phi) is 25.2. The van der Waals surface area contributed by atoms with Crippen LogP contribution in [0.15, 0.2) is 0 Å². The summed E-state index contributed by atoms with van der Waals surface area (Å²) < 4.78 is 0. The maximum atomic E-state index is 2.92. The second-order valence-corrected chi connectivity index (χ2v) is 12.2.